The number of carbonyl (C=O) groups excluding carboxylic acids is 3. The van der Waals surface area contributed by atoms with Gasteiger partial charge in [0.25, 0.3) is 11.8 Å². The lowest BCUT2D eigenvalue weighted by Gasteiger charge is -2.15. The van der Waals surface area contributed by atoms with Crippen molar-refractivity contribution in [3.63, 3.8) is 0 Å². The van der Waals surface area contributed by atoms with Crippen LogP contribution in [0.15, 0.2) is 24.3 Å². The van der Waals surface area contributed by atoms with Gasteiger partial charge in [-0.25, -0.2) is 4.79 Å². The number of hydrogen-bond acceptors (Lipinski definition) is 9. The zero-order valence-electron chi connectivity index (χ0n) is 21.1. The minimum Gasteiger partial charge on any atom is -0.496 e. The number of rotatable bonds is 14. The molecule has 0 aliphatic rings. The second-order valence-corrected chi connectivity index (χ2v) is 7.64. The Morgan fingerprint density at radius 1 is 0.703 bits per heavy atom. The first kappa shape index (κ1) is 28.9. The molecule has 37 heavy (non-hydrogen) atoms. The highest BCUT2D eigenvalue weighted by molar-refractivity contribution is 6.04. The van der Waals surface area contributed by atoms with Crippen LogP contribution in [0, 0.1) is 0 Å². The molecule has 0 radical (unpaired) electrons. The third-order valence-corrected chi connectivity index (χ3v) is 5.36. The fourth-order valence-electron chi connectivity index (χ4n) is 3.50. The number of ketones is 1. The number of aromatic carboxylic acids is 1. The Balaban J connectivity index is 2.12. The molecule has 12 heteroatoms. The Bertz CT molecular complexity index is 1160. The number of Topliss-reactive ketones (excluding diaryl/α,β-unsaturated/α-hetero) is 1. The predicted molar refractivity (Wildman–Crippen MR) is 133 cm³/mol. The molecular weight excluding hydrogens is 486 g/mol. The summed E-state index contributed by atoms with van der Waals surface area (Å²) in [6, 6.07) is 5.35. The molecule has 0 atom stereocenters. The molecule has 0 aliphatic carbocycles. The molecule has 0 aliphatic heterocycles. The maximum Gasteiger partial charge on any atom is 0.339 e. The van der Waals surface area contributed by atoms with Gasteiger partial charge in [-0.2, -0.15) is 0 Å². The van der Waals surface area contributed by atoms with Crippen LogP contribution in [0.5, 0.6) is 23.0 Å². The quantitative estimate of drug-likeness (QED) is 0.212. The number of carboxylic acid groups (broad SMARTS) is 1. The molecule has 0 aromatic heterocycles. The van der Waals surface area contributed by atoms with E-state index in [2.05, 4.69) is 10.6 Å². The maximum atomic E-state index is 12.9. The highest BCUT2D eigenvalue weighted by Gasteiger charge is 2.22. The fourth-order valence-corrected chi connectivity index (χ4v) is 3.50. The highest BCUT2D eigenvalue weighted by atomic mass is 16.5. The Labute approximate surface area is 214 Å². The van der Waals surface area contributed by atoms with E-state index in [0.29, 0.717) is 0 Å². The monoisotopic (exact) mass is 517 g/mol. The van der Waals surface area contributed by atoms with Crippen LogP contribution in [0.25, 0.3) is 0 Å². The summed E-state index contributed by atoms with van der Waals surface area (Å²) in [6.07, 6.45) is 0.263. The third-order valence-electron chi connectivity index (χ3n) is 5.36. The van der Waals surface area contributed by atoms with E-state index in [-0.39, 0.29) is 83.5 Å². The van der Waals surface area contributed by atoms with Gasteiger partial charge in [-0.05, 0) is 18.6 Å². The van der Waals surface area contributed by atoms with Gasteiger partial charge in [-0.15, -0.1) is 0 Å². The number of carbonyl (C=O) groups is 4. The topological polar surface area (TPSA) is 176 Å². The van der Waals surface area contributed by atoms with E-state index < -0.39 is 17.8 Å². The fraction of sp³-hybridized carbons (Fsp3) is 0.360. The maximum absolute atomic E-state index is 12.9. The summed E-state index contributed by atoms with van der Waals surface area (Å²) in [7, 11) is 5.45. The SMILES string of the molecule is COc1cc(OC)c(C(=O)CCCNC(=O)c2cc(C(=O)NCCN)c(OC)cc2OC)cc1C(=O)O. The van der Waals surface area contributed by atoms with Crippen molar-refractivity contribution in [2.24, 2.45) is 5.73 Å². The van der Waals surface area contributed by atoms with Gasteiger partial charge in [0.1, 0.15) is 28.6 Å². The summed E-state index contributed by atoms with van der Waals surface area (Å²) in [5.41, 5.74) is 5.60. The second kappa shape index (κ2) is 13.7. The molecule has 0 heterocycles. The van der Waals surface area contributed by atoms with Crippen LogP contribution < -0.4 is 35.3 Å². The molecule has 2 aromatic carbocycles. The first-order valence-corrected chi connectivity index (χ1v) is 11.3. The Hall–Kier alpha value is -4.32. The summed E-state index contributed by atoms with van der Waals surface area (Å²) in [5, 5.41) is 14.7. The van der Waals surface area contributed by atoms with Gasteiger partial charge >= 0.3 is 5.97 Å². The van der Waals surface area contributed by atoms with Crippen molar-refractivity contribution in [1.29, 1.82) is 0 Å². The average Bonchev–Trinajstić information content (AvgIpc) is 2.91. The van der Waals surface area contributed by atoms with Crippen LogP contribution in [-0.2, 0) is 0 Å². The Kier molecular flexibility index (Phi) is 10.7. The first-order valence-electron chi connectivity index (χ1n) is 11.3. The van der Waals surface area contributed by atoms with Crippen molar-refractivity contribution >= 4 is 23.6 Å². The summed E-state index contributed by atoms with van der Waals surface area (Å²) >= 11 is 0. The van der Waals surface area contributed by atoms with Crippen molar-refractivity contribution in [3.8, 4) is 23.0 Å². The number of amides is 2. The third kappa shape index (κ3) is 7.10. The van der Waals surface area contributed by atoms with E-state index in [1.165, 1.54) is 52.7 Å². The van der Waals surface area contributed by atoms with Gasteiger partial charge in [0.15, 0.2) is 5.78 Å². The summed E-state index contributed by atoms with van der Waals surface area (Å²) in [6.45, 7) is 0.617. The smallest absolute Gasteiger partial charge is 0.339 e. The van der Waals surface area contributed by atoms with Crippen LogP contribution in [0.3, 0.4) is 0 Å². The number of methoxy groups -OCH3 is 4. The van der Waals surface area contributed by atoms with Gasteiger partial charge in [-0.1, -0.05) is 0 Å². The van der Waals surface area contributed by atoms with Crippen LogP contribution in [0.1, 0.15) is 54.3 Å². The molecule has 2 rings (SSSR count). The summed E-state index contributed by atoms with van der Waals surface area (Å²) < 4.78 is 20.8. The van der Waals surface area contributed by atoms with E-state index in [9.17, 15) is 24.3 Å². The molecule has 5 N–H and O–H groups in total. The van der Waals surface area contributed by atoms with Gasteiger partial charge < -0.3 is 40.4 Å². The molecule has 0 unspecified atom stereocenters. The molecule has 12 nitrogen and oxygen atoms in total. The second-order valence-electron chi connectivity index (χ2n) is 7.64. The lowest BCUT2D eigenvalue weighted by Crippen LogP contribution is -2.30. The van der Waals surface area contributed by atoms with Crippen LogP contribution in [-0.4, -0.2) is 76.7 Å². The lowest BCUT2D eigenvalue weighted by molar-refractivity contribution is 0.0692. The van der Waals surface area contributed by atoms with Gasteiger partial charge in [-0.3, -0.25) is 14.4 Å². The summed E-state index contributed by atoms with van der Waals surface area (Å²) in [5.74, 6) is -1.92. The number of hydrogen-bond donors (Lipinski definition) is 4. The molecule has 0 spiro atoms. The Morgan fingerprint density at radius 2 is 1.14 bits per heavy atom. The van der Waals surface area contributed by atoms with Gasteiger partial charge in [0.2, 0.25) is 0 Å². The van der Waals surface area contributed by atoms with Crippen LogP contribution in [0.4, 0.5) is 0 Å². The van der Waals surface area contributed by atoms with Gasteiger partial charge in [0, 0.05) is 38.2 Å². The molecule has 0 fully saturated rings. The largest absolute Gasteiger partial charge is 0.496 e. The average molecular weight is 518 g/mol. The Morgan fingerprint density at radius 3 is 1.59 bits per heavy atom. The lowest BCUT2D eigenvalue weighted by atomic mass is 10.0. The first-order chi connectivity index (χ1) is 17.7. The molecule has 0 saturated heterocycles. The molecule has 2 amide bonds. The zero-order valence-corrected chi connectivity index (χ0v) is 21.1. The van der Waals surface area contributed by atoms with Crippen LogP contribution in [0.2, 0.25) is 0 Å². The number of ether oxygens (including phenoxy) is 4. The van der Waals surface area contributed by atoms with E-state index in [1.807, 2.05) is 0 Å². The summed E-state index contributed by atoms with van der Waals surface area (Å²) in [4.78, 5) is 49.6. The standard InChI is InChI=1S/C25H31N3O9/c1-34-19-12-22(37-4)17(25(32)33)10-14(19)18(29)6-5-8-27-23(30)15-11-16(24(31)28-9-7-26)21(36-3)13-20(15)35-2/h10-13H,5-9,26H2,1-4H3,(H,27,30)(H,28,31)(H,32,33). The van der Waals surface area contributed by atoms with Crippen molar-refractivity contribution in [2.75, 3.05) is 48.1 Å². The molecule has 0 bridgehead atoms. The van der Waals surface area contributed by atoms with Crippen molar-refractivity contribution < 1.29 is 43.2 Å². The minimum absolute atomic E-state index is 0.00845. The van der Waals surface area contributed by atoms with Crippen LogP contribution >= 0.6 is 0 Å². The number of nitrogens with two attached hydrogens (primary N) is 1. The van der Waals surface area contributed by atoms with E-state index >= 15 is 0 Å². The number of carboxylic acids is 1. The number of benzene rings is 2. The highest BCUT2D eigenvalue weighted by Crippen LogP contribution is 2.31. The number of nitrogens with one attached hydrogen (secondary N) is 2. The molecule has 200 valence electrons. The van der Waals surface area contributed by atoms with E-state index in [0.717, 1.165) is 0 Å². The minimum atomic E-state index is -1.25. The predicted octanol–water partition coefficient (Wildman–Crippen LogP) is 1.50. The van der Waals surface area contributed by atoms with E-state index in [4.69, 9.17) is 24.7 Å². The van der Waals surface area contributed by atoms with Gasteiger partial charge in [0.05, 0.1) is 45.1 Å². The van der Waals surface area contributed by atoms with Crippen molar-refractivity contribution in [3.05, 3.63) is 46.5 Å². The van der Waals surface area contributed by atoms with Crippen molar-refractivity contribution in [1.82, 2.24) is 10.6 Å². The molecule has 2 aromatic rings. The zero-order chi connectivity index (χ0) is 27.5. The van der Waals surface area contributed by atoms with E-state index in [1.54, 1.807) is 0 Å². The normalized spacial score (nSPS) is 10.3. The molecule has 0 saturated carbocycles. The van der Waals surface area contributed by atoms with Crippen molar-refractivity contribution in [2.45, 2.75) is 12.8 Å². The molecular formula is C25H31N3O9.